The van der Waals surface area contributed by atoms with Crippen LogP contribution in [0, 0.1) is 12.3 Å². The zero-order chi connectivity index (χ0) is 24.7. The molecule has 0 spiro atoms. The third-order valence-electron chi connectivity index (χ3n) is 5.46. The third-order valence-corrected chi connectivity index (χ3v) is 8.04. The first-order chi connectivity index (χ1) is 16.7. The number of hydrogen-bond donors (Lipinski definition) is 1. The summed E-state index contributed by atoms with van der Waals surface area (Å²) in [5, 5.41) is 14.5. The van der Waals surface area contributed by atoms with Crippen LogP contribution in [-0.4, -0.2) is 52.1 Å². The highest BCUT2D eigenvalue weighted by Gasteiger charge is 2.38. The number of nitrogens with one attached hydrogen (secondary N) is 1. The normalized spacial score (nSPS) is 17.1. The molecule has 5 rings (SSSR count). The van der Waals surface area contributed by atoms with Gasteiger partial charge in [0.25, 0.3) is 5.91 Å². The number of amidine groups is 2. The standard InChI is InChI=1S/C24H21N5O4S2/c1-15-6-5-7-17(12-15)33-11-10-28-14-16(18-8-3-4-9-20(18)28)13-19-21(25)29-23(26-22(19)30)34-24(27-29)35(2,31)32/h3-9,12-14,25H,10-11H2,1-2H3/b19-13+,25-21?. The van der Waals surface area contributed by atoms with Gasteiger partial charge in [-0.2, -0.15) is 10.0 Å². The van der Waals surface area contributed by atoms with Crippen molar-refractivity contribution < 1.29 is 17.9 Å². The summed E-state index contributed by atoms with van der Waals surface area (Å²) in [6.45, 7) is 3.04. The van der Waals surface area contributed by atoms with E-state index in [2.05, 4.69) is 10.1 Å². The van der Waals surface area contributed by atoms with Crippen molar-refractivity contribution in [3.63, 3.8) is 0 Å². The van der Waals surface area contributed by atoms with E-state index in [0.29, 0.717) is 13.2 Å². The molecule has 0 saturated carbocycles. The van der Waals surface area contributed by atoms with Crippen LogP contribution in [0.1, 0.15) is 11.1 Å². The summed E-state index contributed by atoms with van der Waals surface area (Å²) in [6.07, 6.45) is 4.53. The number of thioether (sulfide) groups is 1. The Labute approximate surface area is 206 Å². The van der Waals surface area contributed by atoms with E-state index >= 15 is 0 Å². The molecule has 1 amide bonds. The first kappa shape index (κ1) is 23.1. The highest BCUT2D eigenvalue weighted by atomic mass is 32.3. The van der Waals surface area contributed by atoms with Crippen molar-refractivity contribution >= 4 is 59.9 Å². The van der Waals surface area contributed by atoms with Gasteiger partial charge in [-0.25, -0.2) is 8.42 Å². The summed E-state index contributed by atoms with van der Waals surface area (Å²) in [5.74, 6) is -0.0275. The fourth-order valence-corrected chi connectivity index (χ4v) is 5.51. The van der Waals surface area contributed by atoms with Crippen LogP contribution in [-0.2, 0) is 21.2 Å². The van der Waals surface area contributed by atoms with Gasteiger partial charge in [0.05, 0.1) is 12.1 Å². The van der Waals surface area contributed by atoms with Gasteiger partial charge >= 0.3 is 0 Å². The van der Waals surface area contributed by atoms with Crippen molar-refractivity contribution in [2.75, 3.05) is 12.9 Å². The predicted octanol–water partition coefficient (Wildman–Crippen LogP) is 3.65. The van der Waals surface area contributed by atoms with Crippen LogP contribution >= 0.6 is 11.8 Å². The third kappa shape index (κ3) is 4.52. The molecule has 0 radical (unpaired) electrons. The SMILES string of the molecule is Cc1cccc(OCCn2cc(/C=C3\C(=N)N4N=C(S(C)(=O)=O)SC4=NC3=O)c3ccccc32)c1. The number of rotatable bonds is 5. The molecule has 0 fully saturated rings. The number of aliphatic imine (C=N–C) groups is 1. The van der Waals surface area contributed by atoms with E-state index in [1.54, 1.807) is 6.08 Å². The Kier molecular flexibility index (Phi) is 5.81. The number of hydrazone groups is 1. The Morgan fingerprint density at radius 2 is 1.97 bits per heavy atom. The maximum atomic E-state index is 12.7. The summed E-state index contributed by atoms with van der Waals surface area (Å²) in [5.41, 5.74) is 2.85. The minimum Gasteiger partial charge on any atom is -0.492 e. The lowest BCUT2D eigenvalue weighted by Gasteiger charge is -2.19. The number of nitrogens with zero attached hydrogens (tertiary/aromatic N) is 4. The van der Waals surface area contributed by atoms with Crippen molar-refractivity contribution in [1.29, 1.82) is 5.41 Å². The molecule has 1 N–H and O–H groups in total. The molecule has 0 saturated heterocycles. The average Bonchev–Trinajstić information content (AvgIpc) is 3.39. The fourth-order valence-electron chi connectivity index (χ4n) is 3.82. The predicted molar refractivity (Wildman–Crippen MR) is 138 cm³/mol. The van der Waals surface area contributed by atoms with Gasteiger partial charge in [-0.3, -0.25) is 10.2 Å². The molecule has 0 bridgehead atoms. The second-order valence-electron chi connectivity index (χ2n) is 8.12. The van der Waals surface area contributed by atoms with E-state index in [1.165, 1.54) is 0 Å². The number of carbonyl (C=O) groups is 1. The summed E-state index contributed by atoms with van der Waals surface area (Å²) in [7, 11) is -3.59. The maximum Gasteiger partial charge on any atom is 0.283 e. The van der Waals surface area contributed by atoms with Gasteiger partial charge in [-0.15, -0.1) is 5.10 Å². The number of carbonyl (C=O) groups excluding carboxylic acids is 1. The largest absolute Gasteiger partial charge is 0.492 e. The number of amides is 1. The Morgan fingerprint density at radius 3 is 2.74 bits per heavy atom. The number of fused-ring (bicyclic) bond motifs is 2. The van der Waals surface area contributed by atoms with E-state index in [4.69, 9.17) is 10.1 Å². The van der Waals surface area contributed by atoms with Crippen LogP contribution in [0.25, 0.3) is 17.0 Å². The highest BCUT2D eigenvalue weighted by Crippen LogP contribution is 2.31. The minimum absolute atomic E-state index is 0.0340. The van der Waals surface area contributed by atoms with E-state index in [-0.39, 0.29) is 21.0 Å². The Balaban J connectivity index is 1.44. The van der Waals surface area contributed by atoms with Crippen LogP contribution in [0.4, 0.5) is 0 Å². The summed E-state index contributed by atoms with van der Waals surface area (Å²) < 4.78 is 31.5. The van der Waals surface area contributed by atoms with Gasteiger partial charge in [-0.1, -0.05) is 30.3 Å². The lowest BCUT2D eigenvalue weighted by molar-refractivity contribution is -0.114. The molecule has 9 nitrogen and oxygen atoms in total. The van der Waals surface area contributed by atoms with Gasteiger partial charge in [-0.05, 0) is 48.5 Å². The van der Waals surface area contributed by atoms with E-state index in [1.807, 2.05) is 66.2 Å². The molecule has 0 unspecified atom stereocenters. The topological polar surface area (TPSA) is 117 Å². The molecule has 178 valence electrons. The Bertz CT molecular complexity index is 1580. The number of aromatic nitrogens is 1. The minimum atomic E-state index is -3.59. The van der Waals surface area contributed by atoms with Crippen molar-refractivity contribution in [2.24, 2.45) is 10.1 Å². The van der Waals surface area contributed by atoms with Gasteiger partial charge in [0.15, 0.2) is 5.84 Å². The van der Waals surface area contributed by atoms with Gasteiger partial charge in [0, 0.05) is 28.9 Å². The highest BCUT2D eigenvalue weighted by molar-refractivity contribution is 8.42. The lowest BCUT2D eigenvalue weighted by Crippen LogP contribution is -2.35. The molecule has 35 heavy (non-hydrogen) atoms. The number of hydrogen-bond acceptors (Lipinski definition) is 7. The molecule has 2 aliphatic heterocycles. The van der Waals surface area contributed by atoms with Crippen LogP contribution in [0.5, 0.6) is 5.75 Å². The molecule has 2 aromatic carbocycles. The zero-order valence-electron chi connectivity index (χ0n) is 18.9. The second kappa shape index (κ2) is 8.82. The van der Waals surface area contributed by atoms with Crippen molar-refractivity contribution in [1.82, 2.24) is 9.58 Å². The van der Waals surface area contributed by atoms with Crippen molar-refractivity contribution in [2.45, 2.75) is 13.5 Å². The molecule has 2 aliphatic rings. The average molecular weight is 508 g/mol. The monoisotopic (exact) mass is 507 g/mol. The molecular weight excluding hydrogens is 486 g/mol. The van der Waals surface area contributed by atoms with Crippen LogP contribution < -0.4 is 4.74 Å². The van der Waals surface area contributed by atoms with Crippen LogP contribution in [0.15, 0.2) is 70.4 Å². The summed E-state index contributed by atoms with van der Waals surface area (Å²) in [6, 6.07) is 15.6. The van der Waals surface area contributed by atoms with E-state index in [9.17, 15) is 13.2 Å². The van der Waals surface area contributed by atoms with Crippen LogP contribution in [0.3, 0.4) is 0 Å². The lowest BCUT2D eigenvalue weighted by atomic mass is 10.1. The number of benzene rings is 2. The molecule has 0 aliphatic carbocycles. The maximum absolute atomic E-state index is 12.7. The number of ether oxygens (including phenoxy) is 1. The van der Waals surface area contributed by atoms with Crippen molar-refractivity contribution in [3.05, 3.63) is 71.4 Å². The second-order valence-corrected chi connectivity index (χ2v) is 11.3. The molecule has 0 atom stereocenters. The van der Waals surface area contributed by atoms with Gasteiger partial charge in [0.1, 0.15) is 12.4 Å². The first-order valence-electron chi connectivity index (χ1n) is 10.7. The van der Waals surface area contributed by atoms with Gasteiger partial charge < -0.3 is 9.30 Å². The van der Waals surface area contributed by atoms with Crippen molar-refractivity contribution in [3.8, 4) is 5.75 Å². The summed E-state index contributed by atoms with van der Waals surface area (Å²) in [4.78, 5) is 16.7. The quantitative estimate of drug-likeness (QED) is 0.527. The first-order valence-corrected chi connectivity index (χ1v) is 13.4. The molecule has 1 aromatic heterocycles. The number of para-hydroxylation sites is 1. The van der Waals surface area contributed by atoms with Crippen LogP contribution in [0.2, 0.25) is 0 Å². The fraction of sp³-hybridized carbons (Fsp3) is 0.167. The summed E-state index contributed by atoms with van der Waals surface area (Å²) >= 11 is 0.763. The number of sulfone groups is 1. The van der Waals surface area contributed by atoms with Gasteiger partial charge in [0.2, 0.25) is 19.4 Å². The van der Waals surface area contributed by atoms with E-state index in [0.717, 1.165) is 50.8 Å². The number of aryl methyl sites for hydroxylation is 1. The Morgan fingerprint density at radius 1 is 1.17 bits per heavy atom. The smallest absolute Gasteiger partial charge is 0.283 e. The molecule has 3 heterocycles. The van der Waals surface area contributed by atoms with E-state index < -0.39 is 15.7 Å². The molecular formula is C24H21N5O4S2. The molecule has 11 heteroatoms. The Hall–Kier alpha value is -3.70. The molecule has 3 aromatic rings. The zero-order valence-corrected chi connectivity index (χ0v) is 20.6.